The van der Waals surface area contributed by atoms with E-state index in [1.807, 2.05) is 0 Å². The largest absolute Gasteiger partial charge is 0.381 e. The van der Waals surface area contributed by atoms with Gasteiger partial charge in [0, 0.05) is 32.1 Å². The van der Waals surface area contributed by atoms with Crippen LogP contribution >= 0.6 is 0 Å². The van der Waals surface area contributed by atoms with Gasteiger partial charge >= 0.3 is 0 Å². The molecule has 2 heterocycles. The maximum atomic E-state index is 12.6. The zero-order valence-corrected chi connectivity index (χ0v) is 20.8. The molecule has 0 aromatic carbocycles. The van der Waals surface area contributed by atoms with E-state index in [1.54, 1.807) is 13.3 Å². The van der Waals surface area contributed by atoms with Crippen LogP contribution in [-0.4, -0.2) is 52.3 Å². The van der Waals surface area contributed by atoms with Crippen molar-refractivity contribution in [2.75, 3.05) is 13.7 Å². The second kappa shape index (κ2) is 11.0. The van der Waals surface area contributed by atoms with Gasteiger partial charge in [0.15, 0.2) is 0 Å². The summed E-state index contributed by atoms with van der Waals surface area (Å²) in [5.74, 6) is -0.181. The van der Waals surface area contributed by atoms with Crippen molar-refractivity contribution in [3.63, 3.8) is 0 Å². The van der Waals surface area contributed by atoms with Crippen molar-refractivity contribution in [3.05, 3.63) is 47.2 Å². The predicted molar refractivity (Wildman–Crippen MR) is 130 cm³/mol. The number of H-pyrrole nitrogens is 1. The summed E-state index contributed by atoms with van der Waals surface area (Å²) in [7, 11) is 1.77. The van der Waals surface area contributed by atoms with Crippen LogP contribution in [0.1, 0.15) is 64.9 Å². The molecule has 2 atom stereocenters. The molecular formula is C26H36N4O4. The number of allylic oxidation sites excluding steroid dienone is 4. The minimum Gasteiger partial charge on any atom is -0.381 e. The van der Waals surface area contributed by atoms with Crippen LogP contribution in [0, 0.1) is 11.3 Å². The summed E-state index contributed by atoms with van der Waals surface area (Å²) in [5.41, 5.74) is 1.75. The van der Waals surface area contributed by atoms with Crippen molar-refractivity contribution in [1.29, 1.82) is 0 Å². The molecular weight excluding hydrogens is 432 g/mol. The van der Waals surface area contributed by atoms with Crippen molar-refractivity contribution in [2.45, 2.75) is 65.9 Å². The van der Waals surface area contributed by atoms with Gasteiger partial charge in [0.25, 0.3) is 5.91 Å². The van der Waals surface area contributed by atoms with Crippen LogP contribution in [0.4, 0.5) is 0 Å². The number of hydrogen-bond acceptors (Lipinski definition) is 5. The molecule has 0 bridgehead atoms. The lowest BCUT2D eigenvalue weighted by Crippen LogP contribution is -2.51. The first-order valence-corrected chi connectivity index (χ1v) is 12.0. The van der Waals surface area contributed by atoms with Gasteiger partial charge in [-0.15, -0.1) is 0 Å². The number of rotatable bonds is 9. The van der Waals surface area contributed by atoms with E-state index in [4.69, 9.17) is 4.74 Å². The first-order valence-electron chi connectivity index (χ1n) is 12.0. The number of piperazine rings is 1. The molecule has 1 aromatic rings. The summed E-state index contributed by atoms with van der Waals surface area (Å²) in [6, 6.07) is 0. The van der Waals surface area contributed by atoms with E-state index in [-0.39, 0.29) is 23.8 Å². The Labute approximate surface area is 201 Å². The lowest BCUT2D eigenvalue weighted by atomic mass is 9.71. The van der Waals surface area contributed by atoms with E-state index in [0.29, 0.717) is 18.0 Å². The third kappa shape index (κ3) is 6.11. The van der Waals surface area contributed by atoms with Gasteiger partial charge in [-0.25, -0.2) is 4.98 Å². The molecule has 8 heteroatoms. The van der Waals surface area contributed by atoms with Crippen LogP contribution in [0.3, 0.4) is 0 Å². The van der Waals surface area contributed by atoms with E-state index in [9.17, 15) is 14.4 Å². The van der Waals surface area contributed by atoms with Gasteiger partial charge in [0.05, 0.1) is 11.8 Å². The van der Waals surface area contributed by atoms with Crippen molar-refractivity contribution in [2.24, 2.45) is 11.3 Å². The van der Waals surface area contributed by atoms with Gasteiger partial charge in [-0.2, -0.15) is 0 Å². The minimum atomic E-state index is -0.530. The van der Waals surface area contributed by atoms with Crippen molar-refractivity contribution in [3.8, 4) is 0 Å². The standard InChI is InChI=1S/C26H36N4O4/c1-6-8-21(34-5)13-26(10-7-9-19(12-26)17(2)3)14-23-27-15-20(28-23)11-22-25(33)30(18(4)31)16-24(32)29-22/h7,9,11-12,15,17,21H,6,8,10,13-14,16H2,1-5H3,(H,27,28)(H,29,32)/b22-11-. The molecule has 1 aliphatic carbocycles. The number of methoxy groups -OCH3 is 1. The zero-order chi connectivity index (χ0) is 24.9. The van der Waals surface area contributed by atoms with Gasteiger partial charge in [0.1, 0.15) is 18.1 Å². The highest BCUT2D eigenvalue weighted by atomic mass is 16.5. The molecule has 0 spiro atoms. The Kier molecular flexibility index (Phi) is 8.25. The Morgan fingerprint density at radius 2 is 2.12 bits per heavy atom. The van der Waals surface area contributed by atoms with Gasteiger partial charge in [-0.3, -0.25) is 19.3 Å². The number of ether oxygens (including phenoxy) is 1. The number of carbonyl (C=O) groups is 3. The van der Waals surface area contributed by atoms with Gasteiger partial charge < -0.3 is 15.0 Å². The lowest BCUT2D eigenvalue weighted by Gasteiger charge is -2.36. The van der Waals surface area contributed by atoms with Gasteiger partial charge in [0.2, 0.25) is 11.8 Å². The van der Waals surface area contributed by atoms with Crippen LogP contribution in [-0.2, 0) is 25.5 Å². The van der Waals surface area contributed by atoms with E-state index >= 15 is 0 Å². The quantitative estimate of drug-likeness (QED) is 0.540. The predicted octanol–water partition coefficient (Wildman–Crippen LogP) is 3.53. The summed E-state index contributed by atoms with van der Waals surface area (Å²) in [5, 5.41) is 2.55. The van der Waals surface area contributed by atoms with Crippen LogP contribution in [0.5, 0.6) is 0 Å². The van der Waals surface area contributed by atoms with Crippen molar-refractivity contribution < 1.29 is 19.1 Å². The van der Waals surface area contributed by atoms with Crippen molar-refractivity contribution in [1.82, 2.24) is 20.2 Å². The Morgan fingerprint density at radius 1 is 1.35 bits per heavy atom. The van der Waals surface area contributed by atoms with Crippen LogP contribution in [0.15, 0.2) is 35.7 Å². The molecule has 2 unspecified atom stereocenters. The number of imide groups is 1. The summed E-state index contributed by atoms with van der Waals surface area (Å²) in [4.78, 5) is 45.1. The summed E-state index contributed by atoms with van der Waals surface area (Å²) in [6.45, 7) is 7.56. The Bertz CT molecular complexity index is 1020. The molecule has 1 saturated heterocycles. The maximum Gasteiger partial charge on any atom is 0.277 e. The molecule has 3 rings (SSSR count). The molecule has 1 aromatic heterocycles. The highest BCUT2D eigenvalue weighted by Crippen LogP contribution is 2.40. The number of nitrogens with one attached hydrogen (secondary N) is 2. The summed E-state index contributed by atoms with van der Waals surface area (Å²) >= 11 is 0. The average molecular weight is 469 g/mol. The van der Waals surface area contributed by atoms with Crippen LogP contribution in [0.25, 0.3) is 6.08 Å². The average Bonchev–Trinajstić information content (AvgIpc) is 3.21. The topological polar surface area (TPSA) is 104 Å². The number of aromatic nitrogens is 2. The summed E-state index contributed by atoms with van der Waals surface area (Å²) in [6.07, 6.45) is 14.7. The minimum absolute atomic E-state index is 0.0456. The molecule has 2 N–H and O–H groups in total. The normalized spacial score (nSPS) is 22.8. The third-order valence-electron chi connectivity index (χ3n) is 6.45. The fraction of sp³-hybridized carbons (Fsp3) is 0.538. The number of amides is 3. The number of aromatic amines is 1. The van der Waals surface area contributed by atoms with E-state index < -0.39 is 17.7 Å². The smallest absolute Gasteiger partial charge is 0.277 e. The van der Waals surface area contributed by atoms with Gasteiger partial charge in [-0.05, 0) is 36.8 Å². The van der Waals surface area contributed by atoms with Crippen molar-refractivity contribution >= 4 is 23.8 Å². The number of imidazole rings is 1. The van der Waals surface area contributed by atoms with E-state index in [1.165, 1.54) is 18.6 Å². The van der Waals surface area contributed by atoms with E-state index in [2.05, 4.69) is 54.3 Å². The van der Waals surface area contributed by atoms with E-state index in [0.717, 1.165) is 36.4 Å². The summed E-state index contributed by atoms with van der Waals surface area (Å²) < 4.78 is 5.81. The molecule has 8 nitrogen and oxygen atoms in total. The second-order valence-electron chi connectivity index (χ2n) is 9.58. The third-order valence-corrected chi connectivity index (χ3v) is 6.45. The van der Waals surface area contributed by atoms with Crippen LogP contribution in [0.2, 0.25) is 0 Å². The maximum absolute atomic E-state index is 12.6. The number of hydrogen-bond donors (Lipinski definition) is 2. The highest BCUT2D eigenvalue weighted by molar-refractivity contribution is 6.12. The molecule has 2 aliphatic rings. The molecule has 184 valence electrons. The molecule has 0 radical (unpaired) electrons. The first-order chi connectivity index (χ1) is 16.2. The number of nitrogens with zero attached hydrogens (tertiary/aromatic N) is 2. The molecule has 0 saturated carbocycles. The lowest BCUT2D eigenvalue weighted by molar-refractivity contribution is -0.147. The second-order valence-corrected chi connectivity index (χ2v) is 9.58. The Morgan fingerprint density at radius 3 is 2.76 bits per heavy atom. The SMILES string of the molecule is CCCC(CC1(Cc2nc(/C=C3\NC(=O)CN(C(C)=O)C3=O)c[nH]2)C=C(C(C)C)C=CC1)OC. The fourth-order valence-corrected chi connectivity index (χ4v) is 4.65. The van der Waals surface area contributed by atoms with Gasteiger partial charge in [-0.1, -0.05) is 45.4 Å². The Hall–Kier alpha value is -3.00. The molecule has 3 amide bonds. The molecule has 1 aliphatic heterocycles. The first kappa shape index (κ1) is 25.6. The van der Waals surface area contributed by atoms with Crippen LogP contribution < -0.4 is 5.32 Å². The fourth-order valence-electron chi connectivity index (χ4n) is 4.65. The molecule has 34 heavy (non-hydrogen) atoms. The highest BCUT2D eigenvalue weighted by Gasteiger charge is 2.34. The monoisotopic (exact) mass is 468 g/mol. The zero-order valence-electron chi connectivity index (χ0n) is 20.8. The number of carbonyl (C=O) groups excluding carboxylic acids is 3. The Balaban J connectivity index is 1.86. The molecule has 1 fully saturated rings.